The van der Waals surface area contributed by atoms with Crippen molar-refractivity contribution in [2.45, 2.75) is 65.1 Å². The molecule has 0 radical (unpaired) electrons. The standard InChI is InChI=1S/C20H33N5O2/c1-11(2)8-17(25-20(27)14(22)6-5-7-21)18(26)19-23-15-9-12(3)13(4)10-16(15)24-19/h9-11,14,17-18,26H,5-8,21-22H2,1-4H3,(H,23,24)(H,25,27)/t14-,17-,18?/m1/s1. The first kappa shape index (κ1) is 21.3. The number of carbonyl (C=O) groups is 1. The molecule has 0 spiro atoms. The molecule has 1 heterocycles. The molecule has 1 unspecified atom stereocenters. The lowest BCUT2D eigenvalue weighted by Gasteiger charge is -2.26. The van der Waals surface area contributed by atoms with Gasteiger partial charge < -0.3 is 26.9 Å². The second-order valence-corrected chi connectivity index (χ2v) is 7.80. The van der Waals surface area contributed by atoms with Gasteiger partial charge >= 0.3 is 0 Å². The fraction of sp³-hybridized carbons (Fsp3) is 0.600. The molecule has 3 atom stereocenters. The molecule has 7 N–H and O–H groups in total. The van der Waals surface area contributed by atoms with Crippen LogP contribution in [0.3, 0.4) is 0 Å². The van der Waals surface area contributed by atoms with Gasteiger partial charge in [-0.25, -0.2) is 4.98 Å². The number of amides is 1. The maximum Gasteiger partial charge on any atom is 0.237 e. The van der Waals surface area contributed by atoms with Crippen LogP contribution in [0.5, 0.6) is 0 Å². The Morgan fingerprint density at radius 3 is 2.59 bits per heavy atom. The number of aliphatic hydroxyl groups excluding tert-OH is 1. The molecular weight excluding hydrogens is 342 g/mol. The van der Waals surface area contributed by atoms with Crippen LogP contribution in [0.1, 0.15) is 56.2 Å². The van der Waals surface area contributed by atoms with Crippen molar-refractivity contribution in [3.63, 3.8) is 0 Å². The highest BCUT2D eigenvalue weighted by Crippen LogP contribution is 2.24. The number of nitrogens with zero attached hydrogens (tertiary/aromatic N) is 1. The molecule has 150 valence electrons. The van der Waals surface area contributed by atoms with Gasteiger partial charge in [0, 0.05) is 0 Å². The van der Waals surface area contributed by atoms with E-state index >= 15 is 0 Å². The van der Waals surface area contributed by atoms with Gasteiger partial charge in [-0.2, -0.15) is 0 Å². The Kier molecular flexibility index (Phi) is 7.35. The first-order valence-corrected chi connectivity index (χ1v) is 9.63. The van der Waals surface area contributed by atoms with E-state index in [1.54, 1.807) is 0 Å². The van der Waals surface area contributed by atoms with Crippen molar-refractivity contribution in [3.8, 4) is 0 Å². The zero-order chi connectivity index (χ0) is 20.1. The molecule has 0 bridgehead atoms. The molecule has 1 aromatic carbocycles. The zero-order valence-electron chi connectivity index (χ0n) is 16.7. The Balaban J connectivity index is 2.21. The molecule has 0 fully saturated rings. The second-order valence-electron chi connectivity index (χ2n) is 7.80. The summed E-state index contributed by atoms with van der Waals surface area (Å²) in [5.41, 5.74) is 15.4. The molecule has 7 heteroatoms. The van der Waals surface area contributed by atoms with E-state index in [2.05, 4.69) is 15.3 Å². The Morgan fingerprint density at radius 1 is 1.30 bits per heavy atom. The van der Waals surface area contributed by atoms with Gasteiger partial charge in [-0.15, -0.1) is 0 Å². The van der Waals surface area contributed by atoms with Gasteiger partial charge in [0.25, 0.3) is 0 Å². The smallest absolute Gasteiger partial charge is 0.237 e. The number of aryl methyl sites for hydroxylation is 2. The summed E-state index contributed by atoms with van der Waals surface area (Å²) in [7, 11) is 0. The Hall–Kier alpha value is -1.96. The van der Waals surface area contributed by atoms with E-state index in [1.165, 1.54) is 0 Å². The molecule has 1 amide bonds. The van der Waals surface area contributed by atoms with Crippen LogP contribution in [-0.4, -0.2) is 39.6 Å². The summed E-state index contributed by atoms with van der Waals surface area (Å²) in [6, 6.07) is 2.92. The molecule has 2 rings (SSSR count). The van der Waals surface area contributed by atoms with E-state index in [4.69, 9.17) is 11.5 Å². The third-order valence-corrected chi connectivity index (χ3v) is 4.89. The summed E-state index contributed by atoms with van der Waals surface area (Å²) < 4.78 is 0. The minimum Gasteiger partial charge on any atom is -0.383 e. The van der Waals surface area contributed by atoms with Crippen molar-refractivity contribution in [1.29, 1.82) is 0 Å². The Bertz CT molecular complexity index is 732. The molecular formula is C20H33N5O2. The fourth-order valence-corrected chi connectivity index (χ4v) is 3.15. The van der Waals surface area contributed by atoms with Crippen molar-refractivity contribution in [1.82, 2.24) is 15.3 Å². The number of aromatic nitrogens is 2. The summed E-state index contributed by atoms with van der Waals surface area (Å²) >= 11 is 0. The molecule has 2 aromatic rings. The third kappa shape index (κ3) is 5.51. The normalized spacial score (nSPS) is 15.1. The average molecular weight is 376 g/mol. The predicted molar refractivity (Wildman–Crippen MR) is 108 cm³/mol. The quantitative estimate of drug-likeness (QED) is 0.456. The fourth-order valence-electron chi connectivity index (χ4n) is 3.15. The van der Waals surface area contributed by atoms with E-state index in [0.29, 0.717) is 37.5 Å². The summed E-state index contributed by atoms with van der Waals surface area (Å²) in [6.07, 6.45) is 0.890. The maximum absolute atomic E-state index is 12.4. The second kappa shape index (κ2) is 9.30. The number of hydrogen-bond donors (Lipinski definition) is 5. The number of nitrogens with two attached hydrogens (primary N) is 2. The van der Waals surface area contributed by atoms with E-state index in [9.17, 15) is 9.90 Å². The van der Waals surface area contributed by atoms with Gasteiger partial charge in [-0.3, -0.25) is 4.79 Å². The number of H-pyrrole nitrogens is 1. The lowest BCUT2D eigenvalue weighted by atomic mass is 9.98. The topological polar surface area (TPSA) is 130 Å². The monoisotopic (exact) mass is 375 g/mol. The van der Waals surface area contributed by atoms with Crippen LogP contribution in [-0.2, 0) is 4.79 Å². The van der Waals surface area contributed by atoms with Gasteiger partial charge in [0.2, 0.25) is 5.91 Å². The maximum atomic E-state index is 12.4. The molecule has 7 nitrogen and oxygen atoms in total. The minimum absolute atomic E-state index is 0.268. The number of imidazole rings is 1. The molecule has 0 aliphatic rings. The number of hydrogen-bond acceptors (Lipinski definition) is 5. The number of aromatic amines is 1. The third-order valence-electron chi connectivity index (χ3n) is 4.89. The molecule has 1 aromatic heterocycles. The number of fused-ring (bicyclic) bond motifs is 1. The molecule has 0 saturated heterocycles. The van der Waals surface area contributed by atoms with Crippen molar-refractivity contribution in [3.05, 3.63) is 29.1 Å². The van der Waals surface area contributed by atoms with Gasteiger partial charge in [-0.05, 0) is 68.8 Å². The van der Waals surface area contributed by atoms with E-state index in [0.717, 1.165) is 22.2 Å². The van der Waals surface area contributed by atoms with Crippen LogP contribution < -0.4 is 16.8 Å². The highest BCUT2D eigenvalue weighted by atomic mass is 16.3. The van der Waals surface area contributed by atoms with Crippen molar-refractivity contribution in [2.75, 3.05) is 6.54 Å². The molecule has 0 aliphatic heterocycles. The highest BCUT2D eigenvalue weighted by molar-refractivity contribution is 5.82. The van der Waals surface area contributed by atoms with Gasteiger partial charge in [0.1, 0.15) is 11.9 Å². The van der Waals surface area contributed by atoms with Crippen LogP contribution in [0.15, 0.2) is 12.1 Å². The number of carbonyl (C=O) groups excluding carboxylic acids is 1. The van der Waals surface area contributed by atoms with Crippen molar-refractivity contribution >= 4 is 16.9 Å². The Morgan fingerprint density at radius 2 is 1.96 bits per heavy atom. The van der Waals surface area contributed by atoms with E-state index in [-0.39, 0.29) is 5.91 Å². The summed E-state index contributed by atoms with van der Waals surface area (Å²) in [6.45, 7) is 8.66. The first-order valence-electron chi connectivity index (χ1n) is 9.63. The zero-order valence-corrected chi connectivity index (χ0v) is 16.7. The van der Waals surface area contributed by atoms with Gasteiger partial charge in [0.05, 0.1) is 23.1 Å². The van der Waals surface area contributed by atoms with E-state index < -0.39 is 18.2 Å². The van der Waals surface area contributed by atoms with Crippen LogP contribution >= 0.6 is 0 Å². The van der Waals surface area contributed by atoms with Crippen LogP contribution in [0.4, 0.5) is 0 Å². The SMILES string of the molecule is Cc1cc2nc(C(O)[C@@H](CC(C)C)NC(=O)[C@H](N)CCCN)[nH]c2cc1C. The highest BCUT2D eigenvalue weighted by Gasteiger charge is 2.28. The molecule has 0 saturated carbocycles. The largest absolute Gasteiger partial charge is 0.383 e. The molecule has 27 heavy (non-hydrogen) atoms. The van der Waals surface area contributed by atoms with Crippen LogP contribution in [0.25, 0.3) is 11.0 Å². The minimum atomic E-state index is -0.939. The average Bonchev–Trinajstić information content (AvgIpc) is 3.00. The summed E-state index contributed by atoms with van der Waals surface area (Å²) in [4.78, 5) is 20.2. The number of nitrogens with one attached hydrogen (secondary N) is 2. The first-order chi connectivity index (χ1) is 12.7. The predicted octanol–water partition coefficient (Wildman–Crippen LogP) is 1.81. The number of benzene rings is 1. The van der Waals surface area contributed by atoms with Crippen molar-refractivity contribution < 1.29 is 9.90 Å². The Labute approximate surface area is 160 Å². The van der Waals surface area contributed by atoms with Gasteiger partial charge in [0.15, 0.2) is 0 Å². The van der Waals surface area contributed by atoms with Crippen molar-refractivity contribution in [2.24, 2.45) is 17.4 Å². The number of aliphatic hydroxyl groups is 1. The van der Waals surface area contributed by atoms with E-state index in [1.807, 2.05) is 39.8 Å². The summed E-state index contributed by atoms with van der Waals surface area (Å²) in [5.74, 6) is 0.478. The van der Waals surface area contributed by atoms with Crippen LogP contribution in [0.2, 0.25) is 0 Å². The lowest BCUT2D eigenvalue weighted by Crippen LogP contribution is -2.48. The molecule has 0 aliphatic carbocycles. The number of rotatable bonds is 9. The van der Waals surface area contributed by atoms with Crippen LogP contribution in [0, 0.1) is 19.8 Å². The summed E-state index contributed by atoms with van der Waals surface area (Å²) in [5, 5.41) is 13.8. The lowest BCUT2D eigenvalue weighted by molar-refractivity contribution is -0.124. The van der Waals surface area contributed by atoms with Gasteiger partial charge in [-0.1, -0.05) is 13.8 Å².